The molecule has 0 spiro atoms. The third kappa shape index (κ3) is 6.93. The van der Waals surface area contributed by atoms with Crippen molar-refractivity contribution in [2.75, 3.05) is 25.1 Å². The van der Waals surface area contributed by atoms with Crippen LogP contribution in [-0.2, 0) is 9.53 Å². The van der Waals surface area contributed by atoms with Crippen LogP contribution in [0.4, 0.5) is 20.4 Å². The molecule has 1 aliphatic heterocycles. The second-order valence-corrected chi connectivity index (χ2v) is 8.09. The number of aliphatic hydroxyl groups excluding tert-OH is 1. The van der Waals surface area contributed by atoms with Gasteiger partial charge in [-0.1, -0.05) is 24.3 Å². The van der Waals surface area contributed by atoms with Crippen molar-refractivity contribution in [3.8, 4) is 16.9 Å². The first-order chi connectivity index (χ1) is 17.0. The van der Waals surface area contributed by atoms with E-state index >= 15 is 0 Å². The Kier molecular flexibility index (Phi) is 8.17. The molecule has 1 unspecified atom stereocenters. The molecule has 1 amide bonds. The average molecular weight is 485 g/mol. The lowest BCUT2D eigenvalue weighted by Crippen LogP contribution is -2.36. The molecule has 0 saturated carbocycles. The maximum absolute atomic E-state index is 12.3. The number of amides is 1. The second-order valence-electron chi connectivity index (χ2n) is 8.09. The zero-order valence-electron chi connectivity index (χ0n) is 18.9. The van der Waals surface area contributed by atoms with E-state index in [0.29, 0.717) is 37.6 Å². The molecule has 1 aromatic heterocycles. The zero-order valence-corrected chi connectivity index (χ0v) is 18.9. The van der Waals surface area contributed by atoms with Gasteiger partial charge in [-0.05, 0) is 48.2 Å². The van der Waals surface area contributed by atoms with Crippen molar-refractivity contribution >= 4 is 17.5 Å². The van der Waals surface area contributed by atoms with E-state index in [1.807, 2.05) is 0 Å². The van der Waals surface area contributed by atoms with Crippen LogP contribution in [0.2, 0.25) is 0 Å². The summed E-state index contributed by atoms with van der Waals surface area (Å²) in [4.78, 5) is 20.8. The number of anilines is 2. The quantitative estimate of drug-likeness (QED) is 0.421. The third-order valence-electron chi connectivity index (χ3n) is 5.68. The Balaban J connectivity index is 1.29. The lowest BCUT2D eigenvalue weighted by molar-refractivity contribution is -0.128. The fourth-order valence-corrected chi connectivity index (χ4v) is 3.71. The molecule has 1 atom stereocenters. The monoisotopic (exact) mass is 484 g/mol. The molecule has 2 aromatic carbocycles. The van der Waals surface area contributed by atoms with Crippen LogP contribution in [0.3, 0.4) is 0 Å². The maximum atomic E-state index is 12.3. The van der Waals surface area contributed by atoms with Gasteiger partial charge in [0.2, 0.25) is 11.9 Å². The molecule has 10 heteroatoms. The standard InChI is InChI=1S/C25H26F2N4O4/c26-24(27)35-21-7-3-16(4-8-21)19-13-29-25(30-14-19)31-20-5-1-17(2-6-20)22(32)15-28-23(33)18-9-11-34-12-10-18/h1-8,13-14,18,22,24,32H,9-12,15H2,(H,28,33)(H,29,30,31). The lowest BCUT2D eigenvalue weighted by atomic mass is 9.99. The number of nitrogens with one attached hydrogen (secondary N) is 2. The zero-order chi connectivity index (χ0) is 24.6. The number of halogens is 2. The van der Waals surface area contributed by atoms with Crippen molar-refractivity contribution < 1.29 is 28.2 Å². The number of carbonyl (C=O) groups excluding carboxylic acids is 1. The number of rotatable bonds is 9. The van der Waals surface area contributed by atoms with Crippen molar-refractivity contribution in [1.82, 2.24) is 15.3 Å². The number of hydrogen-bond acceptors (Lipinski definition) is 7. The molecule has 1 saturated heterocycles. The Morgan fingerprint density at radius 1 is 1.03 bits per heavy atom. The van der Waals surface area contributed by atoms with Gasteiger partial charge in [0.1, 0.15) is 5.75 Å². The van der Waals surface area contributed by atoms with Crippen molar-refractivity contribution in [2.45, 2.75) is 25.6 Å². The molecule has 1 aliphatic rings. The highest BCUT2D eigenvalue weighted by atomic mass is 19.3. The van der Waals surface area contributed by atoms with Gasteiger partial charge in [0.05, 0.1) is 6.10 Å². The minimum absolute atomic E-state index is 0.0522. The van der Waals surface area contributed by atoms with Crippen molar-refractivity contribution in [2.24, 2.45) is 5.92 Å². The molecule has 8 nitrogen and oxygen atoms in total. The van der Waals surface area contributed by atoms with Gasteiger partial charge in [-0.25, -0.2) is 9.97 Å². The van der Waals surface area contributed by atoms with E-state index in [-0.39, 0.29) is 24.1 Å². The topological polar surface area (TPSA) is 106 Å². The van der Waals surface area contributed by atoms with Gasteiger partial charge in [-0.2, -0.15) is 8.78 Å². The largest absolute Gasteiger partial charge is 0.435 e. The van der Waals surface area contributed by atoms with E-state index in [0.717, 1.165) is 16.8 Å². The fourth-order valence-electron chi connectivity index (χ4n) is 3.71. The van der Waals surface area contributed by atoms with Gasteiger partial charge in [-0.3, -0.25) is 4.79 Å². The number of aliphatic hydroxyl groups is 1. The Morgan fingerprint density at radius 2 is 1.69 bits per heavy atom. The number of ether oxygens (including phenoxy) is 2. The Bertz CT molecular complexity index is 1090. The van der Waals surface area contributed by atoms with E-state index in [2.05, 4.69) is 25.3 Å². The summed E-state index contributed by atoms with van der Waals surface area (Å²) in [6.07, 6.45) is 3.83. The smallest absolute Gasteiger partial charge is 0.387 e. The number of aromatic nitrogens is 2. The Morgan fingerprint density at radius 3 is 2.31 bits per heavy atom. The van der Waals surface area contributed by atoms with E-state index in [1.165, 1.54) is 12.1 Å². The highest BCUT2D eigenvalue weighted by molar-refractivity contribution is 5.78. The van der Waals surface area contributed by atoms with Crippen molar-refractivity contribution in [3.63, 3.8) is 0 Å². The summed E-state index contributed by atoms with van der Waals surface area (Å²) >= 11 is 0. The van der Waals surface area contributed by atoms with Gasteiger partial charge in [0.15, 0.2) is 0 Å². The van der Waals surface area contributed by atoms with Crippen LogP contribution in [0.15, 0.2) is 60.9 Å². The Hall–Kier alpha value is -3.63. The molecular formula is C25H26F2N4O4. The van der Waals surface area contributed by atoms with Crippen molar-refractivity contribution in [3.05, 3.63) is 66.5 Å². The van der Waals surface area contributed by atoms with Gasteiger partial charge in [-0.15, -0.1) is 0 Å². The van der Waals surface area contributed by atoms with Gasteiger partial charge < -0.3 is 25.2 Å². The van der Waals surface area contributed by atoms with Gasteiger partial charge in [0.25, 0.3) is 0 Å². The van der Waals surface area contributed by atoms with Crippen LogP contribution >= 0.6 is 0 Å². The summed E-state index contributed by atoms with van der Waals surface area (Å²) in [5.74, 6) is 0.345. The number of hydrogen-bond donors (Lipinski definition) is 3. The highest BCUT2D eigenvalue weighted by Crippen LogP contribution is 2.24. The normalized spacial score (nSPS) is 15.0. The summed E-state index contributed by atoms with van der Waals surface area (Å²) < 4.78 is 34.2. The average Bonchev–Trinajstić information content (AvgIpc) is 2.88. The maximum Gasteiger partial charge on any atom is 0.387 e. The van der Waals surface area contributed by atoms with Crippen LogP contribution in [0.5, 0.6) is 5.75 Å². The fraction of sp³-hybridized carbons (Fsp3) is 0.320. The molecule has 0 radical (unpaired) electrons. The molecule has 3 N–H and O–H groups in total. The van der Waals surface area contributed by atoms with Crippen molar-refractivity contribution in [1.29, 1.82) is 0 Å². The minimum atomic E-state index is -2.87. The number of nitrogens with zero attached hydrogens (tertiary/aromatic N) is 2. The summed E-state index contributed by atoms with van der Waals surface area (Å²) in [6.45, 7) is -1.54. The van der Waals surface area contributed by atoms with Crippen LogP contribution in [0.1, 0.15) is 24.5 Å². The molecule has 35 heavy (non-hydrogen) atoms. The summed E-state index contributed by atoms with van der Waals surface area (Å²) in [7, 11) is 0. The van der Waals surface area contributed by atoms with E-state index < -0.39 is 12.7 Å². The first kappa shape index (κ1) is 24.5. The molecule has 0 bridgehead atoms. The predicted octanol–water partition coefficient (Wildman–Crippen LogP) is 4.06. The first-order valence-corrected chi connectivity index (χ1v) is 11.3. The SMILES string of the molecule is O=C(NCC(O)c1ccc(Nc2ncc(-c3ccc(OC(F)F)cc3)cn2)cc1)C1CCOCC1. The molecule has 184 valence electrons. The molecule has 3 aromatic rings. The molecule has 1 fully saturated rings. The van der Waals surface area contributed by atoms with E-state index in [4.69, 9.17) is 4.74 Å². The molecular weight excluding hydrogens is 458 g/mol. The summed E-state index contributed by atoms with van der Waals surface area (Å²) in [5, 5.41) is 16.3. The molecule has 2 heterocycles. The lowest BCUT2D eigenvalue weighted by Gasteiger charge is -2.22. The number of carbonyl (C=O) groups is 1. The van der Waals surface area contributed by atoms with Crippen LogP contribution in [0.25, 0.3) is 11.1 Å². The predicted molar refractivity (Wildman–Crippen MR) is 125 cm³/mol. The van der Waals surface area contributed by atoms with Crippen LogP contribution < -0.4 is 15.4 Å². The highest BCUT2D eigenvalue weighted by Gasteiger charge is 2.22. The molecule has 0 aliphatic carbocycles. The summed E-state index contributed by atoms with van der Waals surface area (Å²) in [6, 6.07) is 13.3. The Labute approximate surface area is 201 Å². The van der Waals surface area contributed by atoms with E-state index in [1.54, 1.807) is 48.8 Å². The van der Waals surface area contributed by atoms with Crippen LogP contribution in [-0.4, -0.2) is 47.4 Å². The van der Waals surface area contributed by atoms with Crippen LogP contribution in [0, 0.1) is 5.92 Å². The van der Waals surface area contributed by atoms with Gasteiger partial charge in [0, 0.05) is 49.3 Å². The van der Waals surface area contributed by atoms with Gasteiger partial charge >= 0.3 is 6.61 Å². The number of benzene rings is 2. The first-order valence-electron chi connectivity index (χ1n) is 11.3. The second kappa shape index (κ2) is 11.7. The number of alkyl halides is 2. The minimum Gasteiger partial charge on any atom is -0.435 e. The molecule has 4 rings (SSSR count). The summed E-state index contributed by atoms with van der Waals surface area (Å²) in [5.41, 5.74) is 2.90. The van der Waals surface area contributed by atoms with E-state index in [9.17, 15) is 18.7 Å². The third-order valence-corrected chi connectivity index (χ3v) is 5.68.